The molecule has 0 heterocycles. The van der Waals surface area contributed by atoms with Crippen molar-refractivity contribution in [2.75, 3.05) is 0 Å². The molecule has 0 amide bonds. The van der Waals surface area contributed by atoms with Crippen LogP contribution in [0.2, 0.25) is 0 Å². The van der Waals surface area contributed by atoms with Crippen LogP contribution < -0.4 is 0 Å². The summed E-state index contributed by atoms with van der Waals surface area (Å²) in [4.78, 5) is 0. The van der Waals surface area contributed by atoms with Crippen LogP contribution in [0, 0.1) is 19.5 Å². The average Bonchev–Trinajstić information content (AvgIpc) is 1.41. The largest absolute Gasteiger partial charge is 2.00 e. The Kier molecular flexibility index (Phi) is 37.0. The summed E-state index contributed by atoms with van der Waals surface area (Å²) in [5.41, 5.74) is 0. The molecule has 0 fully saturated rings. The SMILES string of the molecule is F[C-](F)F.[C-]#C.[Mg+2]. The van der Waals surface area contributed by atoms with Crippen molar-refractivity contribution in [2.45, 2.75) is 0 Å². The van der Waals surface area contributed by atoms with Gasteiger partial charge in [-0.3, -0.25) is 0 Å². The number of hydrogen-bond donors (Lipinski definition) is 0. The summed E-state index contributed by atoms with van der Waals surface area (Å²) in [5, 5.41) is 0. The van der Waals surface area contributed by atoms with E-state index >= 15 is 0 Å². The fraction of sp³-hybridized carbons (Fsp3) is 0. The summed E-state index contributed by atoms with van der Waals surface area (Å²) in [5.74, 6) is 0. The Morgan fingerprint density at radius 3 is 1.14 bits per heavy atom. The first-order chi connectivity index (χ1) is 2.73. The third kappa shape index (κ3) is 7670. The van der Waals surface area contributed by atoms with Crippen LogP contribution in [0.25, 0.3) is 0 Å². The van der Waals surface area contributed by atoms with Crippen LogP contribution in [0.1, 0.15) is 0 Å². The number of terminal acetylenes is 1. The molecule has 0 aromatic carbocycles. The summed E-state index contributed by atoms with van der Waals surface area (Å²) in [6.45, 7) is -3.08. The first-order valence-corrected chi connectivity index (χ1v) is 0.856. The van der Waals surface area contributed by atoms with Crippen molar-refractivity contribution in [3.05, 3.63) is 13.1 Å². The van der Waals surface area contributed by atoms with E-state index < -0.39 is 6.68 Å². The van der Waals surface area contributed by atoms with Crippen molar-refractivity contribution in [3.63, 3.8) is 0 Å². The van der Waals surface area contributed by atoms with Crippen molar-refractivity contribution in [2.24, 2.45) is 0 Å². The van der Waals surface area contributed by atoms with Gasteiger partial charge in [0.2, 0.25) is 0 Å². The molecule has 0 aromatic heterocycles. The van der Waals surface area contributed by atoms with E-state index in [1.165, 1.54) is 0 Å². The zero-order valence-corrected chi connectivity index (χ0v) is 4.83. The summed E-state index contributed by atoms with van der Waals surface area (Å²) in [6, 6.07) is 0. The van der Waals surface area contributed by atoms with Gasteiger partial charge < -0.3 is 26.0 Å². The predicted octanol–water partition coefficient (Wildman–Crippen LogP) is 1.17. The minimum atomic E-state index is -3.08. The maximum atomic E-state index is 9.58. The standard InChI is InChI=1S/C2H.CF3.Mg/c1-2;2-1(3)4;/h1H;;/q2*-1;+2. The fourth-order valence-electron chi connectivity index (χ4n) is 0. The predicted molar refractivity (Wildman–Crippen MR) is 20.5 cm³/mol. The molecule has 0 bridgehead atoms. The van der Waals surface area contributed by atoms with Gasteiger partial charge in [-0.15, -0.1) is 0 Å². The quantitative estimate of drug-likeness (QED) is 0.254. The summed E-state index contributed by atoms with van der Waals surface area (Å²) < 4.78 is 28.8. The van der Waals surface area contributed by atoms with Crippen LogP contribution in [0.3, 0.4) is 0 Å². The van der Waals surface area contributed by atoms with Crippen molar-refractivity contribution in [1.29, 1.82) is 0 Å². The van der Waals surface area contributed by atoms with Crippen LogP contribution in [0.15, 0.2) is 0 Å². The summed E-state index contributed by atoms with van der Waals surface area (Å²) in [6.07, 6.45) is 9.00. The molecule has 0 saturated carbocycles. The monoisotopic (exact) mass is 118 g/mol. The van der Waals surface area contributed by atoms with Gasteiger partial charge in [-0.25, -0.2) is 0 Å². The van der Waals surface area contributed by atoms with Gasteiger partial charge in [0.1, 0.15) is 0 Å². The smallest absolute Gasteiger partial charge is 0.697 e. The average molecular weight is 118 g/mol. The Morgan fingerprint density at radius 2 is 1.14 bits per heavy atom. The van der Waals surface area contributed by atoms with Gasteiger partial charge in [0, 0.05) is 0 Å². The first-order valence-electron chi connectivity index (χ1n) is 0.856. The molecule has 0 nitrogen and oxygen atoms in total. The van der Waals surface area contributed by atoms with Crippen LogP contribution in [-0.4, -0.2) is 23.1 Å². The normalized spacial score (nSPS) is 5.43. The number of hydrogen-bond acceptors (Lipinski definition) is 0. The molecule has 0 aliphatic rings. The molecular weight excluding hydrogens is 117 g/mol. The fourth-order valence-corrected chi connectivity index (χ4v) is 0. The van der Waals surface area contributed by atoms with Crippen LogP contribution >= 0.6 is 0 Å². The molecule has 4 heteroatoms. The Bertz CT molecular complexity index is 31.7. The van der Waals surface area contributed by atoms with Gasteiger partial charge in [0.05, 0.1) is 0 Å². The van der Waals surface area contributed by atoms with Crippen molar-refractivity contribution < 1.29 is 13.2 Å². The van der Waals surface area contributed by atoms with E-state index in [2.05, 4.69) is 6.42 Å². The van der Waals surface area contributed by atoms with Gasteiger partial charge in [0.15, 0.2) is 6.68 Å². The molecule has 0 saturated heterocycles. The minimum Gasteiger partial charge on any atom is -0.697 e. The van der Waals surface area contributed by atoms with E-state index in [4.69, 9.17) is 6.42 Å². The second-order valence-electron chi connectivity index (χ2n) is 0.214. The molecular formula is C3HF3Mg. The molecule has 0 radical (unpaired) electrons. The number of rotatable bonds is 0. The Balaban J connectivity index is -0.0000000480. The third-order valence-corrected chi connectivity index (χ3v) is 0. The molecule has 0 atom stereocenters. The number of halogens is 3. The van der Waals surface area contributed by atoms with Crippen LogP contribution in [0.4, 0.5) is 13.2 Å². The molecule has 0 spiro atoms. The van der Waals surface area contributed by atoms with Gasteiger partial charge in [-0.05, 0) is 0 Å². The van der Waals surface area contributed by atoms with Crippen molar-refractivity contribution in [3.8, 4) is 6.42 Å². The van der Waals surface area contributed by atoms with Gasteiger partial charge in [-0.1, -0.05) is 0 Å². The minimum absolute atomic E-state index is 0. The molecule has 0 N–H and O–H groups in total. The van der Waals surface area contributed by atoms with Gasteiger partial charge in [-0.2, -0.15) is 0 Å². The van der Waals surface area contributed by atoms with E-state index in [-0.39, 0.29) is 23.1 Å². The zero-order chi connectivity index (χ0) is 5.58. The molecule has 7 heavy (non-hydrogen) atoms. The molecule has 0 rings (SSSR count). The topological polar surface area (TPSA) is 0 Å². The van der Waals surface area contributed by atoms with E-state index in [1.807, 2.05) is 0 Å². The zero-order valence-electron chi connectivity index (χ0n) is 3.42. The summed E-state index contributed by atoms with van der Waals surface area (Å²) in [7, 11) is 0. The molecule has 0 unspecified atom stereocenters. The maximum absolute atomic E-state index is 9.58. The van der Waals surface area contributed by atoms with E-state index in [0.717, 1.165) is 0 Å². The van der Waals surface area contributed by atoms with Crippen molar-refractivity contribution >= 4 is 23.1 Å². The van der Waals surface area contributed by atoms with E-state index in [9.17, 15) is 13.2 Å². The molecule has 0 aliphatic heterocycles. The maximum Gasteiger partial charge on any atom is 2.00 e. The van der Waals surface area contributed by atoms with Gasteiger partial charge >= 0.3 is 23.1 Å². The Morgan fingerprint density at radius 1 is 1.14 bits per heavy atom. The third-order valence-electron chi connectivity index (χ3n) is 0. The molecule has 0 aromatic rings. The van der Waals surface area contributed by atoms with Crippen LogP contribution in [-0.2, 0) is 0 Å². The first kappa shape index (κ1) is 15.7. The Hall–Kier alpha value is 0.116. The van der Waals surface area contributed by atoms with E-state index in [1.54, 1.807) is 0 Å². The van der Waals surface area contributed by atoms with Crippen LogP contribution in [0.5, 0.6) is 0 Å². The van der Waals surface area contributed by atoms with Crippen molar-refractivity contribution in [1.82, 2.24) is 0 Å². The second-order valence-corrected chi connectivity index (χ2v) is 0.214. The second kappa shape index (κ2) is 16.5. The molecule has 0 aliphatic carbocycles. The summed E-state index contributed by atoms with van der Waals surface area (Å²) >= 11 is 0. The Labute approximate surface area is 56.2 Å². The molecule has 36 valence electrons. The van der Waals surface area contributed by atoms with E-state index in [0.29, 0.717) is 0 Å². The van der Waals surface area contributed by atoms with Gasteiger partial charge in [0.25, 0.3) is 0 Å².